The van der Waals surface area contributed by atoms with Crippen LogP contribution in [0.4, 0.5) is 0 Å². The number of rotatable bonds is 5. The summed E-state index contributed by atoms with van der Waals surface area (Å²) >= 11 is 0. The summed E-state index contributed by atoms with van der Waals surface area (Å²) in [5.74, 6) is 1.10. The molecule has 2 N–H and O–H groups in total. The van der Waals surface area contributed by atoms with Gasteiger partial charge >= 0.3 is 0 Å². The highest BCUT2D eigenvalue weighted by molar-refractivity contribution is 5.94. The second kappa shape index (κ2) is 6.43. The fraction of sp³-hybridized carbons (Fsp3) is 0.625. The molecule has 0 atom stereocenters. The van der Waals surface area contributed by atoms with Crippen LogP contribution in [0.15, 0.2) is 18.3 Å². The van der Waals surface area contributed by atoms with Crippen LogP contribution in [0.25, 0.3) is 0 Å². The Hall–Kier alpha value is -1.62. The third-order valence-electron chi connectivity index (χ3n) is 4.19. The molecule has 2 aliphatic rings. The van der Waals surface area contributed by atoms with Gasteiger partial charge in [-0.3, -0.25) is 4.79 Å². The lowest BCUT2D eigenvalue weighted by Crippen LogP contribution is -2.38. The smallest absolute Gasteiger partial charge is 0.251 e. The molecule has 1 heterocycles. The lowest BCUT2D eigenvalue weighted by atomic mass is 9.93. The van der Waals surface area contributed by atoms with Crippen molar-refractivity contribution in [2.24, 2.45) is 5.92 Å². The summed E-state index contributed by atoms with van der Waals surface area (Å²) in [5, 5.41) is 12.5. The maximum Gasteiger partial charge on any atom is 0.251 e. The van der Waals surface area contributed by atoms with E-state index < -0.39 is 0 Å². The lowest BCUT2D eigenvalue weighted by molar-refractivity contribution is 0.0867. The molecule has 0 radical (unpaired) electrons. The Morgan fingerprint density at radius 3 is 2.76 bits per heavy atom. The number of carbonyl (C=O) groups is 1. The Labute approximate surface area is 124 Å². The number of nitrogens with one attached hydrogen (secondary N) is 1. The van der Waals surface area contributed by atoms with Gasteiger partial charge in [0.1, 0.15) is 0 Å². The van der Waals surface area contributed by atoms with Crippen LogP contribution in [0.1, 0.15) is 48.9 Å². The molecule has 114 valence electrons. The summed E-state index contributed by atoms with van der Waals surface area (Å²) in [6, 6.07) is 3.57. The van der Waals surface area contributed by atoms with Crippen molar-refractivity contribution in [1.82, 2.24) is 10.3 Å². The van der Waals surface area contributed by atoms with Gasteiger partial charge < -0.3 is 15.2 Å². The number of aliphatic hydroxyl groups excluding tert-OH is 1. The first-order valence-corrected chi connectivity index (χ1v) is 7.78. The van der Waals surface area contributed by atoms with E-state index in [4.69, 9.17) is 4.74 Å². The molecule has 2 aliphatic carbocycles. The van der Waals surface area contributed by atoms with Gasteiger partial charge in [0.25, 0.3) is 5.91 Å². The van der Waals surface area contributed by atoms with Crippen LogP contribution in [0, 0.1) is 5.92 Å². The average Bonchev–Trinajstić information content (AvgIpc) is 3.32. The number of pyridine rings is 1. The lowest BCUT2D eigenvalue weighted by Gasteiger charge is -2.26. The van der Waals surface area contributed by atoms with Crippen LogP contribution in [0.3, 0.4) is 0 Å². The number of aromatic nitrogens is 1. The van der Waals surface area contributed by atoms with E-state index in [1.165, 1.54) is 12.8 Å². The predicted octanol–water partition coefficient (Wildman–Crippen LogP) is 1.90. The Kier molecular flexibility index (Phi) is 4.39. The fourth-order valence-electron chi connectivity index (χ4n) is 2.61. The molecule has 1 amide bonds. The highest BCUT2D eigenvalue weighted by atomic mass is 16.5. The van der Waals surface area contributed by atoms with E-state index >= 15 is 0 Å². The molecule has 2 saturated carbocycles. The predicted molar refractivity (Wildman–Crippen MR) is 78.2 cm³/mol. The van der Waals surface area contributed by atoms with E-state index in [0.717, 1.165) is 25.7 Å². The first kappa shape index (κ1) is 14.3. The van der Waals surface area contributed by atoms with Gasteiger partial charge in [-0.1, -0.05) is 0 Å². The first-order chi connectivity index (χ1) is 10.2. The molecule has 0 bridgehead atoms. The normalized spacial score (nSPS) is 25.4. The van der Waals surface area contributed by atoms with Crippen molar-refractivity contribution in [2.45, 2.75) is 50.7 Å². The van der Waals surface area contributed by atoms with Crippen LogP contribution in [0.2, 0.25) is 0 Å². The summed E-state index contributed by atoms with van der Waals surface area (Å²) in [4.78, 5) is 16.4. The second-order valence-corrected chi connectivity index (χ2v) is 6.12. The van der Waals surface area contributed by atoms with Crippen molar-refractivity contribution in [2.75, 3.05) is 6.61 Å². The molecule has 2 fully saturated rings. The quantitative estimate of drug-likeness (QED) is 0.869. The minimum atomic E-state index is -0.207. The van der Waals surface area contributed by atoms with Gasteiger partial charge in [0, 0.05) is 23.9 Å². The van der Waals surface area contributed by atoms with Crippen molar-refractivity contribution in [3.8, 4) is 5.88 Å². The minimum Gasteiger partial charge on any atom is -0.477 e. The monoisotopic (exact) mass is 290 g/mol. The zero-order chi connectivity index (χ0) is 14.7. The molecule has 0 aliphatic heterocycles. The van der Waals surface area contributed by atoms with Crippen LogP contribution >= 0.6 is 0 Å². The topological polar surface area (TPSA) is 71.5 Å². The summed E-state index contributed by atoms with van der Waals surface area (Å²) in [6.07, 6.45) is 7.06. The SMILES string of the molecule is O=C(NC1CCC(O)CC1)c1ccnc(OCC2CC2)c1. The Balaban J connectivity index is 1.54. The molecule has 0 aromatic carbocycles. The van der Waals surface area contributed by atoms with Crippen LogP contribution in [-0.2, 0) is 0 Å². The summed E-state index contributed by atoms with van der Waals surface area (Å²) < 4.78 is 5.60. The van der Waals surface area contributed by atoms with Gasteiger partial charge in [-0.2, -0.15) is 0 Å². The van der Waals surface area contributed by atoms with Crippen molar-refractivity contribution >= 4 is 5.91 Å². The van der Waals surface area contributed by atoms with Crippen molar-refractivity contribution in [1.29, 1.82) is 0 Å². The van der Waals surface area contributed by atoms with E-state index in [1.807, 2.05) is 0 Å². The minimum absolute atomic E-state index is 0.0879. The zero-order valence-corrected chi connectivity index (χ0v) is 12.1. The van der Waals surface area contributed by atoms with Gasteiger partial charge in [-0.05, 0) is 50.5 Å². The number of carbonyl (C=O) groups excluding carboxylic acids is 1. The zero-order valence-electron chi connectivity index (χ0n) is 12.1. The molecule has 5 nitrogen and oxygen atoms in total. The second-order valence-electron chi connectivity index (χ2n) is 6.12. The van der Waals surface area contributed by atoms with Gasteiger partial charge in [0.05, 0.1) is 12.7 Å². The molecule has 1 aromatic heterocycles. The van der Waals surface area contributed by atoms with Crippen molar-refractivity contribution in [3.63, 3.8) is 0 Å². The first-order valence-electron chi connectivity index (χ1n) is 7.78. The van der Waals surface area contributed by atoms with E-state index in [2.05, 4.69) is 10.3 Å². The molecule has 3 rings (SSSR count). The van der Waals surface area contributed by atoms with Crippen LogP contribution < -0.4 is 10.1 Å². The third-order valence-corrected chi connectivity index (χ3v) is 4.19. The maximum absolute atomic E-state index is 12.2. The van der Waals surface area contributed by atoms with Crippen molar-refractivity contribution < 1.29 is 14.6 Å². The van der Waals surface area contributed by atoms with E-state index in [-0.39, 0.29) is 18.1 Å². The number of ether oxygens (including phenoxy) is 1. The Morgan fingerprint density at radius 2 is 2.05 bits per heavy atom. The maximum atomic E-state index is 12.2. The van der Waals surface area contributed by atoms with Gasteiger partial charge in [0.15, 0.2) is 0 Å². The summed E-state index contributed by atoms with van der Waals surface area (Å²) in [7, 11) is 0. The number of hydrogen-bond acceptors (Lipinski definition) is 4. The number of nitrogens with zero attached hydrogens (tertiary/aromatic N) is 1. The molecule has 0 saturated heterocycles. The molecular formula is C16H22N2O3. The molecular weight excluding hydrogens is 268 g/mol. The molecule has 0 unspecified atom stereocenters. The van der Waals surface area contributed by atoms with E-state index in [1.54, 1.807) is 18.3 Å². The standard InChI is InChI=1S/C16H22N2O3/c19-14-5-3-13(4-6-14)18-16(20)12-7-8-17-15(9-12)21-10-11-1-2-11/h7-9,11,13-14,19H,1-6,10H2,(H,18,20). The highest BCUT2D eigenvalue weighted by Crippen LogP contribution is 2.29. The number of hydrogen-bond donors (Lipinski definition) is 2. The van der Waals surface area contributed by atoms with Crippen LogP contribution in [-0.4, -0.2) is 34.8 Å². The molecule has 21 heavy (non-hydrogen) atoms. The summed E-state index contributed by atoms with van der Waals surface area (Å²) in [5.41, 5.74) is 0.585. The molecule has 0 spiro atoms. The Bertz CT molecular complexity index is 494. The van der Waals surface area contributed by atoms with E-state index in [9.17, 15) is 9.90 Å². The van der Waals surface area contributed by atoms with Gasteiger partial charge in [-0.25, -0.2) is 4.98 Å². The fourth-order valence-corrected chi connectivity index (χ4v) is 2.61. The third kappa shape index (κ3) is 4.17. The molecule has 1 aromatic rings. The van der Waals surface area contributed by atoms with Gasteiger partial charge in [-0.15, -0.1) is 0 Å². The van der Waals surface area contributed by atoms with Gasteiger partial charge in [0.2, 0.25) is 5.88 Å². The molecule has 5 heteroatoms. The number of aliphatic hydroxyl groups is 1. The van der Waals surface area contributed by atoms with E-state index in [0.29, 0.717) is 24.0 Å². The van der Waals surface area contributed by atoms with Crippen molar-refractivity contribution in [3.05, 3.63) is 23.9 Å². The highest BCUT2D eigenvalue weighted by Gasteiger charge is 2.23. The average molecular weight is 290 g/mol. The van der Waals surface area contributed by atoms with Crippen LogP contribution in [0.5, 0.6) is 5.88 Å². The number of amides is 1. The summed E-state index contributed by atoms with van der Waals surface area (Å²) in [6.45, 7) is 0.693. The largest absolute Gasteiger partial charge is 0.477 e. The Morgan fingerprint density at radius 1 is 1.29 bits per heavy atom.